The van der Waals surface area contributed by atoms with E-state index in [4.69, 9.17) is 4.42 Å². The van der Waals surface area contributed by atoms with E-state index in [1.54, 1.807) is 24.3 Å². The van der Waals surface area contributed by atoms with Crippen LogP contribution in [0.25, 0.3) is 5.57 Å². The van der Waals surface area contributed by atoms with E-state index in [1.165, 1.54) is 12.5 Å². The maximum atomic E-state index is 12.0. The fourth-order valence-electron chi connectivity index (χ4n) is 2.03. The number of nitrogens with zero attached hydrogens (tertiary/aromatic N) is 4. The number of aromatic amines is 1. The van der Waals surface area contributed by atoms with E-state index in [-0.39, 0.29) is 23.1 Å². The van der Waals surface area contributed by atoms with Crippen molar-refractivity contribution in [3.05, 3.63) is 59.9 Å². The van der Waals surface area contributed by atoms with Gasteiger partial charge in [-0.2, -0.15) is 10.5 Å². The first-order valence-electron chi connectivity index (χ1n) is 7.23. The number of allylic oxidation sites excluding steroid dienone is 1. The zero-order valence-electron chi connectivity index (χ0n) is 13.1. The zero-order valence-corrected chi connectivity index (χ0v) is 13.1. The molecule has 1 amide bonds. The maximum absolute atomic E-state index is 12.0. The van der Waals surface area contributed by atoms with Gasteiger partial charge in [-0.05, 0) is 42.0 Å². The molecular formula is C16H13N7O2. The molecule has 25 heavy (non-hydrogen) atoms. The highest BCUT2D eigenvalue weighted by molar-refractivity contribution is 6.02. The molecule has 124 valence electrons. The van der Waals surface area contributed by atoms with Gasteiger partial charge in [0.05, 0.1) is 6.26 Å². The Morgan fingerprint density at radius 3 is 2.96 bits per heavy atom. The number of rotatable bonds is 5. The molecule has 2 aromatic heterocycles. The van der Waals surface area contributed by atoms with Gasteiger partial charge in [0.15, 0.2) is 5.76 Å². The quantitative estimate of drug-likeness (QED) is 0.609. The number of anilines is 2. The molecule has 0 bridgehead atoms. The van der Waals surface area contributed by atoms with Crippen LogP contribution in [0.4, 0.5) is 11.4 Å². The highest BCUT2D eigenvalue weighted by atomic mass is 16.3. The first-order valence-corrected chi connectivity index (χ1v) is 7.23. The minimum absolute atomic E-state index is 0.190. The number of nitrogens with one attached hydrogen (secondary N) is 3. The molecule has 0 aliphatic rings. The summed E-state index contributed by atoms with van der Waals surface area (Å²) >= 11 is 0. The van der Waals surface area contributed by atoms with Crippen molar-refractivity contribution in [2.75, 3.05) is 10.6 Å². The Balaban J connectivity index is 1.78. The highest BCUT2D eigenvalue weighted by Gasteiger charge is 2.10. The average Bonchev–Trinajstić information content (AvgIpc) is 3.31. The van der Waals surface area contributed by atoms with Crippen LogP contribution in [-0.2, 0) is 0 Å². The average molecular weight is 335 g/mol. The van der Waals surface area contributed by atoms with Crippen molar-refractivity contribution in [1.82, 2.24) is 20.6 Å². The minimum Gasteiger partial charge on any atom is -0.459 e. The van der Waals surface area contributed by atoms with Crippen LogP contribution in [-0.4, -0.2) is 26.5 Å². The molecule has 0 fully saturated rings. The Morgan fingerprint density at radius 1 is 1.40 bits per heavy atom. The number of hydrogen-bond acceptors (Lipinski definition) is 7. The Morgan fingerprint density at radius 2 is 2.28 bits per heavy atom. The first kappa shape index (κ1) is 15.9. The number of aromatic nitrogens is 4. The normalized spacial score (nSPS) is 11.0. The van der Waals surface area contributed by atoms with Crippen LogP contribution in [0.3, 0.4) is 0 Å². The molecule has 1 aromatic carbocycles. The SMILES string of the molecule is Cc1ccc(NC(=O)c2ccco2)cc1NC=C(C#N)c1nn[nH]n1. The zero-order chi connectivity index (χ0) is 17.6. The van der Waals surface area contributed by atoms with Crippen LogP contribution >= 0.6 is 0 Å². The van der Waals surface area contributed by atoms with E-state index in [2.05, 4.69) is 31.3 Å². The van der Waals surface area contributed by atoms with Gasteiger partial charge in [0, 0.05) is 17.6 Å². The van der Waals surface area contributed by atoms with Crippen LogP contribution in [0, 0.1) is 18.3 Å². The van der Waals surface area contributed by atoms with Crippen molar-refractivity contribution in [3.8, 4) is 6.07 Å². The number of carbonyl (C=O) groups excluding carboxylic acids is 1. The fourth-order valence-corrected chi connectivity index (χ4v) is 2.03. The lowest BCUT2D eigenvalue weighted by molar-refractivity contribution is 0.0996. The Labute approximate surface area is 142 Å². The van der Waals surface area contributed by atoms with Crippen molar-refractivity contribution >= 4 is 22.9 Å². The van der Waals surface area contributed by atoms with Crippen LogP contribution in [0.2, 0.25) is 0 Å². The second-order valence-electron chi connectivity index (χ2n) is 5.01. The van der Waals surface area contributed by atoms with Gasteiger partial charge in [0.1, 0.15) is 11.6 Å². The molecule has 0 radical (unpaired) electrons. The van der Waals surface area contributed by atoms with E-state index in [0.717, 1.165) is 5.56 Å². The van der Waals surface area contributed by atoms with Crippen LogP contribution in [0.15, 0.2) is 47.2 Å². The second kappa shape index (κ2) is 7.10. The predicted octanol–water partition coefficient (Wildman–Crippen LogP) is 2.33. The molecule has 0 saturated carbocycles. The topological polar surface area (TPSA) is 133 Å². The fraction of sp³-hybridized carbons (Fsp3) is 0.0625. The summed E-state index contributed by atoms with van der Waals surface area (Å²) in [6.07, 6.45) is 2.91. The molecule has 0 aliphatic heterocycles. The minimum atomic E-state index is -0.347. The van der Waals surface area contributed by atoms with Crippen LogP contribution < -0.4 is 10.6 Å². The van der Waals surface area contributed by atoms with Gasteiger partial charge < -0.3 is 15.1 Å². The van der Waals surface area contributed by atoms with Crippen molar-refractivity contribution in [3.63, 3.8) is 0 Å². The second-order valence-corrected chi connectivity index (χ2v) is 5.01. The van der Waals surface area contributed by atoms with Crippen molar-refractivity contribution < 1.29 is 9.21 Å². The van der Waals surface area contributed by atoms with Crippen molar-refractivity contribution in [2.24, 2.45) is 0 Å². The lowest BCUT2D eigenvalue weighted by Gasteiger charge is -2.09. The molecule has 9 heteroatoms. The Hall–Kier alpha value is -3.93. The predicted molar refractivity (Wildman–Crippen MR) is 89.2 cm³/mol. The van der Waals surface area contributed by atoms with Gasteiger partial charge in [-0.1, -0.05) is 6.07 Å². The summed E-state index contributed by atoms with van der Waals surface area (Å²) in [6.45, 7) is 1.90. The number of carbonyl (C=O) groups is 1. The Kier molecular flexibility index (Phi) is 4.53. The number of amides is 1. The summed E-state index contributed by atoms with van der Waals surface area (Å²) < 4.78 is 5.06. The number of benzene rings is 1. The van der Waals surface area contributed by atoms with E-state index in [9.17, 15) is 10.1 Å². The third-order valence-electron chi connectivity index (χ3n) is 3.32. The van der Waals surface area contributed by atoms with Gasteiger partial charge >= 0.3 is 0 Å². The van der Waals surface area contributed by atoms with Crippen molar-refractivity contribution in [2.45, 2.75) is 6.92 Å². The molecule has 0 unspecified atom stereocenters. The van der Waals surface area contributed by atoms with Gasteiger partial charge in [0.25, 0.3) is 5.91 Å². The van der Waals surface area contributed by atoms with E-state index >= 15 is 0 Å². The molecule has 2 heterocycles. The first-order chi connectivity index (χ1) is 12.2. The number of aryl methyl sites for hydroxylation is 1. The van der Waals surface area contributed by atoms with Gasteiger partial charge in [-0.3, -0.25) is 4.79 Å². The van der Waals surface area contributed by atoms with Gasteiger partial charge in [-0.15, -0.1) is 10.2 Å². The number of hydrogen-bond donors (Lipinski definition) is 3. The lowest BCUT2D eigenvalue weighted by Crippen LogP contribution is -2.11. The third kappa shape index (κ3) is 3.70. The summed E-state index contributed by atoms with van der Waals surface area (Å²) in [4.78, 5) is 12.0. The largest absolute Gasteiger partial charge is 0.459 e. The van der Waals surface area contributed by atoms with Crippen LogP contribution in [0.1, 0.15) is 21.9 Å². The van der Waals surface area contributed by atoms with Crippen molar-refractivity contribution in [1.29, 1.82) is 5.26 Å². The molecule has 0 aliphatic carbocycles. The highest BCUT2D eigenvalue weighted by Crippen LogP contribution is 2.22. The molecule has 3 N–H and O–H groups in total. The van der Waals surface area contributed by atoms with Gasteiger partial charge in [-0.25, -0.2) is 0 Å². The molecular weight excluding hydrogens is 322 g/mol. The lowest BCUT2D eigenvalue weighted by atomic mass is 10.1. The van der Waals surface area contributed by atoms with Gasteiger partial charge in [0.2, 0.25) is 5.82 Å². The van der Waals surface area contributed by atoms with Crippen LogP contribution in [0.5, 0.6) is 0 Å². The third-order valence-corrected chi connectivity index (χ3v) is 3.32. The summed E-state index contributed by atoms with van der Waals surface area (Å²) in [5, 5.41) is 28.2. The number of nitriles is 1. The monoisotopic (exact) mass is 335 g/mol. The molecule has 3 aromatic rings. The number of H-pyrrole nitrogens is 1. The summed E-state index contributed by atoms with van der Waals surface area (Å²) in [7, 11) is 0. The summed E-state index contributed by atoms with van der Waals surface area (Å²) in [5.41, 5.74) is 2.45. The molecule has 3 rings (SSSR count). The number of tetrazole rings is 1. The molecule has 0 atom stereocenters. The standard InChI is InChI=1S/C16H13N7O2/c1-10-4-5-12(19-16(24)14-3-2-6-25-14)7-13(10)18-9-11(8-17)15-20-22-23-21-15/h2-7,9,18H,1H3,(H,19,24)(H,20,21,22,23). The maximum Gasteiger partial charge on any atom is 0.291 e. The van der Waals surface area contributed by atoms with E-state index in [1.807, 2.05) is 19.1 Å². The van der Waals surface area contributed by atoms with E-state index in [0.29, 0.717) is 11.4 Å². The molecule has 0 saturated heterocycles. The van der Waals surface area contributed by atoms with E-state index < -0.39 is 0 Å². The molecule has 0 spiro atoms. The smallest absolute Gasteiger partial charge is 0.291 e. The summed E-state index contributed by atoms with van der Waals surface area (Å²) in [5.74, 6) is 0.0636. The number of furan rings is 1. The molecule has 9 nitrogen and oxygen atoms in total. The summed E-state index contributed by atoms with van der Waals surface area (Å²) in [6, 6.07) is 10.6. The Bertz CT molecular complexity index is 938.